The van der Waals surface area contributed by atoms with Crippen LogP contribution in [0, 0.1) is 11.8 Å². The lowest BCUT2D eigenvalue weighted by Crippen LogP contribution is -2.38. The van der Waals surface area contributed by atoms with Crippen LogP contribution in [0.5, 0.6) is 0 Å². The Hall–Kier alpha value is -2.42. The van der Waals surface area contributed by atoms with Gasteiger partial charge in [0, 0.05) is 0 Å². The van der Waals surface area contributed by atoms with Crippen LogP contribution in [0.4, 0.5) is 0 Å². The van der Waals surface area contributed by atoms with Crippen LogP contribution in [0.25, 0.3) is 0 Å². The van der Waals surface area contributed by atoms with E-state index in [1.54, 1.807) is 0 Å². The molecule has 3 aromatic carbocycles. The third kappa shape index (κ3) is 5.08. The van der Waals surface area contributed by atoms with Crippen LogP contribution in [0.2, 0.25) is 0 Å². The van der Waals surface area contributed by atoms with Crippen molar-refractivity contribution in [1.29, 1.82) is 0 Å². The molecular weight excluding hydrogens is 380 g/mol. The molecule has 31 heavy (non-hydrogen) atoms. The number of rotatable bonds is 8. The molecule has 1 aliphatic rings. The fourth-order valence-electron chi connectivity index (χ4n) is 5.33. The van der Waals surface area contributed by atoms with Crippen LogP contribution in [-0.4, -0.2) is 10.2 Å². The minimum Gasteiger partial charge on any atom is -0.388 e. The standard InChI is InChI=1S/C29H34O2/c30-28(24-12-4-1-5-13-24)18-10-11-23-19-21-27(22-20-23)29(31,25-14-6-2-7-15-25)26-16-8-3-9-17-26/h1-9,12-17,23,27-28,30-31H,10-11,18-22H2. The summed E-state index contributed by atoms with van der Waals surface area (Å²) in [4.78, 5) is 0. The van der Waals surface area contributed by atoms with Gasteiger partial charge in [0.2, 0.25) is 0 Å². The molecular formula is C29H34O2. The third-order valence-corrected chi connectivity index (χ3v) is 7.14. The van der Waals surface area contributed by atoms with Crippen LogP contribution >= 0.6 is 0 Å². The summed E-state index contributed by atoms with van der Waals surface area (Å²) in [6, 6.07) is 30.3. The molecule has 0 amide bonds. The Labute approximate surface area is 186 Å². The summed E-state index contributed by atoms with van der Waals surface area (Å²) < 4.78 is 0. The van der Waals surface area contributed by atoms with Crippen molar-refractivity contribution in [3.63, 3.8) is 0 Å². The summed E-state index contributed by atoms with van der Waals surface area (Å²) in [5.41, 5.74) is 2.07. The van der Waals surface area contributed by atoms with Crippen molar-refractivity contribution in [3.05, 3.63) is 108 Å². The average molecular weight is 415 g/mol. The molecule has 162 valence electrons. The topological polar surface area (TPSA) is 40.5 Å². The van der Waals surface area contributed by atoms with Gasteiger partial charge in [0.25, 0.3) is 0 Å². The van der Waals surface area contributed by atoms with Crippen molar-refractivity contribution in [2.24, 2.45) is 11.8 Å². The Kier molecular flexibility index (Phi) is 7.21. The Morgan fingerprint density at radius 2 is 1.19 bits per heavy atom. The largest absolute Gasteiger partial charge is 0.388 e. The van der Waals surface area contributed by atoms with E-state index in [-0.39, 0.29) is 12.0 Å². The van der Waals surface area contributed by atoms with Gasteiger partial charge in [0.15, 0.2) is 0 Å². The Bertz CT molecular complexity index is 860. The maximum Gasteiger partial charge on any atom is 0.117 e. The zero-order chi connectivity index (χ0) is 21.5. The van der Waals surface area contributed by atoms with E-state index >= 15 is 0 Å². The Balaban J connectivity index is 1.36. The van der Waals surface area contributed by atoms with Crippen LogP contribution in [0.3, 0.4) is 0 Å². The molecule has 4 rings (SSSR count). The first-order valence-corrected chi connectivity index (χ1v) is 11.7. The zero-order valence-corrected chi connectivity index (χ0v) is 18.2. The first kappa shape index (κ1) is 21.8. The molecule has 0 aromatic heterocycles. The van der Waals surface area contributed by atoms with Gasteiger partial charge in [-0.3, -0.25) is 0 Å². The fraction of sp³-hybridized carbons (Fsp3) is 0.379. The number of hydrogen-bond acceptors (Lipinski definition) is 2. The molecule has 0 heterocycles. The second-order valence-electron chi connectivity index (χ2n) is 9.07. The SMILES string of the molecule is OC(CCCC1CCC(C(O)(c2ccccc2)c2ccccc2)CC1)c1ccccc1. The highest BCUT2D eigenvalue weighted by Gasteiger charge is 2.41. The molecule has 2 nitrogen and oxygen atoms in total. The summed E-state index contributed by atoms with van der Waals surface area (Å²) >= 11 is 0. The summed E-state index contributed by atoms with van der Waals surface area (Å²) in [5, 5.41) is 22.4. The maximum absolute atomic E-state index is 12.0. The minimum absolute atomic E-state index is 0.225. The predicted molar refractivity (Wildman–Crippen MR) is 127 cm³/mol. The molecule has 0 saturated heterocycles. The average Bonchev–Trinajstić information content (AvgIpc) is 2.85. The molecule has 0 aliphatic heterocycles. The van der Waals surface area contributed by atoms with E-state index in [1.807, 2.05) is 66.7 Å². The van der Waals surface area contributed by atoms with Crippen molar-refractivity contribution < 1.29 is 10.2 Å². The normalized spacial score (nSPS) is 20.3. The van der Waals surface area contributed by atoms with Gasteiger partial charge in [-0.15, -0.1) is 0 Å². The van der Waals surface area contributed by atoms with Gasteiger partial charge < -0.3 is 10.2 Å². The lowest BCUT2D eigenvalue weighted by Gasteiger charge is -2.41. The first-order valence-electron chi connectivity index (χ1n) is 11.7. The second-order valence-corrected chi connectivity index (χ2v) is 9.07. The number of hydrogen-bond donors (Lipinski definition) is 2. The quantitative estimate of drug-likeness (QED) is 0.434. The summed E-state index contributed by atoms with van der Waals surface area (Å²) in [5.74, 6) is 0.915. The monoisotopic (exact) mass is 414 g/mol. The zero-order valence-electron chi connectivity index (χ0n) is 18.2. The second kappa shape index (κ2) is 10.3. The van der Waals surface area contributed by atoms with Gasteiger partial charge >= 0.3 is 0 Å². The molecule has 1 aliphatic carbocycles. The van der Waals surface area contributed by atoms with E-state index in [2.05, 4.69) is 24.3 Å². The molecule has 1 unspecified atom stereocenters. The van der Waals surface area contributed by atoms with Crippen molar-refractivity contribution >= 4 is 0 Å². The molecule has 0 spiro atoms. The van der Waals surface area contributed by atoms with Crippen LogP contribution < -0.4 is 0 Å². The molecule has 0 bridgehead atoms. The highest BCUT2D eigenvalue weighted by molar-refractivity contribution is 5.37. The smallest absolute Gasteiger partial charge is 0.117 e. The lowest BCUT2D eigenvalue weighted by molar-refractivity contribution is -0.00829. The molecule has 1 fully saturated rings. The number of aliphatic hydroxyl groups excluding tert-OH is 1. The Morgan fingerprint density at radius 1 is 0.710 bits per heavy atom. The maximum atomic E-state index is 12.0. The minimum atomic E-state index is -0.934. The van der Waals surface area contributed by atoms with Crippen molar-refractivity contribution in [2.75, 3.05) is 0 Å². The first-order chi connectivity index (χ1) is 15.2. The molecule has 2 heteroatoms. The van der Waals surface area contributed by atoms with E-state index in [0.717, 1.165) is 61.6 Å². The third-order valence-electron chi connectivity index (χ3n) is 7.14. The van der Waals surface area contributed by atoms with E-state index in [4.69, 9.17) is 0 Å². The van der Waals surface area contributed by atoms with E-state index < -0.39 is 5.60 Å². The van der Waals surface area contributed by atoms with Crippen LogP contribution in [-0.2, 0) is 5.60 Å². The molecule has 1 atom stereocenters. The lowest BCUT2D eigenvalue weighted by atomic mass is 9.67. The van der Waals surface area contributed by atoms with Crippen LogP contribution in [0.15, 0.2) is 91.0 Å². The predicted octanol–water partition coefficient (Wildman–Crippen LogP) is 6.63. The molecule has 2 N–H and O–H groups in total. The highest BCUT2D eigenvalue weighted by atomic mass is 16.3. The van der Waals surface area contributed by atoms with E-state index in [0.29, 0.717) is 5.92 Å². The van der Waals surface area contributed by atoms with E-state index in [9.17, 15) is 10.2 Å². The van der Waals surface area contributed by atoms with E-state index in [1.165, 1.54) is 0 Å². The van der Waals surface area contributed by atoms with Crippen molar-refractivity contribution in [2.45, 2.75) is 56.7 Å². The van der Waals surface area contributed by atoms with Crippen LogP contribution in [0.1, 0.15) is 67.7 Å². The number of benzene rings is 3. The summed E-state index contributed by atoms with van der Waals surface area (Å²) in [6.45, 7) is 0. The summed E-state index contributed by atoms with van der Waals surface area (Å²) in [7, 11) is 0. The van der Waals surface area contributed by atoms with Gasteiger partial charge in [-0.25, -0.2) is 0 Å². The van der Waals surface area contributed by atoms with Crippen molar-refractivity contribution in [3.8, 4) is 0 Å². The fourth-order valence-corrected chi connectivity index (χ4v) is 5.33. The summed E-state index contributed by atoms with van der Waals surface area (Å²) in [6.07, 6.45) is 7.03. The Morgan fingerprint density at radius 3 is 1.71 bits per heavy atom. The highest BCUT2D eigenvalue weighted by Crippen LogP contribution is 2.45. The molecule has 0 radical (unpaired) electrons. The molecule has 1 saturated carbocycles. The van der Waals surface area contributed by atoms with Gasteiger partial charge in [0.05, 0.1) is 6.10 Å². The van der Waals surface area contributed by atoms with Gasteiger partial charge in [0.1, 0.15) is 5.60 Å². The molecule has 3 aromatic rings. The van der Waals surface area contributed by atoms with Gasteiger partial charge in [-0.1, -0.05) is 117 Å². The van der Waals surface area contributed by atoms with Gasteiger partial charge in [-0.05, 0) is 47.8 Å². The number of aliphatic hydroxyl groups is 2. The van der Waals surface area contributed by atoms with Crippen molar-refractivity contribution in [1.82, 2.24) is 0 Å². The van der Waals surface area contributed by atoms with Gasteiger partial charge in [-0.2, -0.15) is 0 Å².